The molecule has 0 unspecified atom stereocenters. The van der Waals surface area contributed by atoms with Crippen LogP contribution in [0.5, 0.6) is 0 Å². The lowest BCUT2D eigenvalue weighted by molar-refractivity contribution is -0.0806. The summed E-state index contributed by atoms with van der Waals surface area (Å²) in [5, 5.41) is 9.29. The number of hydrogen-bond donors (Lipinski definition) is 0. The van der Waals surface area contributed by atoms with Crippen molar-refractivity contribution in [3.8, 4) is 11.5 Å². The Morgan fingerprint density at radius 3 is 2.64 bits per heavy atom. The van der Waals surface area contributed by atoms with Crippen molar-refractivity contribution in [2.45, 2.75) is 32.5 Å². The van der Waals surface area contributed by atoms with Crippen molar-refractivity contribution in [3.63, 3.8) is 0 Å². The summed E-state index contributed by atoms with van der Waals surface area (Å²) in [6.07, 6.45) is 0. The molecule has 1 aromatic carbocycles. The molecule has 0 aliphatic carbocycles. The van der Waals surface area contributed by atoms with Gasteiger partial charge in [-0.25, -0.2) is 0 Å². The maximum absolute atomic E-state index is 6.17. The van der Waals surface area contributed by atoms with E-state index in [1.165, 1.54) is 0 Å². The van der Waals surface area contributed by atoms with E-state index in [4.69, 9.17) is 32.4 Å². The molecule has 1 saturated heterocycles. The minimum absolute atomic E-state index is 0.378. The van der Waals surface area contributed by atoms with E-state index >= 15 is 0 Å². The number of rotatable bonds is 5. The monoisotopic (exact) mass is 341 g/mol. The third kappa shape index (κ3) is 3.27. The van der Waals surface area contributed by atoms with Gasteiger partial charge in [0, 0.05) is 11.1 Å². The maximum atomic E-state index is 6.17. The fourth-order valence-corrected chi connectivity index (χ4v) is 2.88. The third-order valence-electron chi connectivity index (χ3n) is 3.70. The predicted molar refractivity (Wildman–Crippen MR) is 85.0 cm³/mol. The first-order valence-electron chi connectivity index (χ1n) is 7.16. The first-order valence-corrected chi connectivity index (χ1v) is 7.91. The van der Waals surface area contributed by atoms with Gasteiger partial charge in [0.1, 0.15) is 0 Å². The summed E-state index contributed by atoms with van der Waals surface area (Å²) in [5.74, 6) is 0.979. The van der Waals surface area contributed by atoms with Gasteiger partial charge in [-0.1, -0.05) is 23.2 Å². The van der Waals surface area contributed by atoms with Gasteiger partial charge in [0.25, 0.3) is 0 Å². The Kier molecular flexibility index (Phi) is 4.68. The van der Waals surface area contributed by atoms with E-state index in [2.05, 4.69) is 28.9 Å². The molecule has 0 atom stereocenters. The molecular formula is C15H17Cl2N3O2. The minimum Gasteiger partial charge on any atom is -0.419 e. The summed E-state index contributed by atoms with van der Waals surface area (Å²) in [6, 6.07) is 5.98. The van der Waals surface area contributed by atoms with Gasteiger partial charge >= 0.3 is 0 Å². The van der Waals surface area contributed by atoms with E-state index in [-0.39, 0.29) is 0 Å². The fourth-order valence-electron chi connectivity index (χ4n) is 2.39. The van der Waals surface area contributed by atoms with Crippen molar-refractivity contribution in [1.29, 1.82) is 0 Å². The lowest BCUT2D eigenvalue weighted by Gasteiger charge is -2.39. The quantitative estimate of drug-likeness (QED) is 0.830. The molecule has 0 amide bonds. The van der Waals surface area contributed by atoms with E-state index in [0.29, 0.717) is 46.0 Å². The van der Waals surface area contributed by atoms with Crippen molar-refractivity contribution in [2.24, 2.45) is 0 Å². The molecular weight excluding hydrogens is 325 g/mol. The number of hydrogen-bond acceptors (Lipinski definition) is 5. The number of ether oxygens (including phenoxy) is 1. The number of nitrogens with zero attached hydrogens (tertiary/aromatic N) is 3. The molecule has 7 heteroatoms. The molecule has 118 valence electrons. The summed E-state index contributed by atoms with van der Waals surface area (Å²) < 4.78 is 11.0. The van der Waals surface area contributed by atoms with Crippen LogP contribution in [0.4, 0.5) is 0 Å². The zero-order valence-electron chi connectivity index (χ0n) is 12.4. The van der Waals surface area contributed by atoms with E-state index in [1.807, 2.05) is 0 Å². The highest BCUT2D eigenvalue weighted by atomic mass is 35.5. The molecule has 0 radical (unpaired) electrons. The molecule has 22 heavy (non-hydrogen) atoms. The second kappa shape index (κ2) is 6.54. The van der Waals surface area contributed by atoms with E-state index < -0.39 is 0 Å². The smallest absolute Gasteiger partial charge is 0.249 e. The van der Waals surface area contributed by atoms with E-state index in [0.717, 1.165) is 13.2 Å². The molecule has 2 heterocycles. The number of benzene rings is 1. The van der Waals surface area contributed by atoms with Crippen molar-refractivity contribution in [3.05, 3.63) is 34.1 Å². The topological polar surface area (TPSA) is 51.4 Å². The second-order valence-corrected chi connectivity index (χ2v) is 6.43. The average Bonchev–Trinajstić information content (AvgIpc) is 2.84. The molecule has 0 spiro atoms. The molecule has 0 saturated carbocycles. The van der Waals surface area contributed by atoms with Crippen molar-refractivity contribution in [2.75, 3.05) is 13.2 Å². The highest BCUT2D eigenvalue weighted by Gasteiger charge is 2.29. The van der Waals surface area contributed by atoms with Crippen LogP contribution in [0.3, 0.4) is 0 Å². The molecule has 1 aliphatic heterocycles. The van der Waals surface area contributed by atoms with Gasteiger partial charge in [0.15, 0.2) is 0 Å². The van der Waals surface area contributed by atoms with Gasteiger partial charge in [-0.15, -0.1) is 10.2 Å². The second-order valence-electron chi connectivity index (χ2n) is 5.58. The molecule has 5 nitrogen and oxygen atoms in total. The van der Waals surface area contributed by atoms with Crippen molar-refractivity contribution >= 4 is 23.2 Å². The lowest BCUT2D eigenvalue weighted by atomic mass is 10.1. The molecule has 2 aromatic rings. The molecule has 1 aliphatic rings. The normalized spacial score (nSPS) is 15.5. The SMILES string of the molecule is CC(C)N(Cc1nnc(-c2ccc(Cl)cc2Cl)o1)C1COC1. The van der Waals surface area contributed by atoms with Crippen LogP contribution >= 0.6 is 23.2 Å². The molecule has 1 fully saturated rings. The molecule has 0 N–H and O–H groups in total. The van der Waals surface area contributed by atoms with Crippen LogP contribution in [0.25, 0.3) is 11.5 Å². The lowest BCUT2D eigenvalue weighted by Crippen LogP contribution is -2.51. The van der Waals surface area contributed by atoms with Crippen molar-refractivity contribution in [1.82, 2.24) is 15.1 Å². The summed E-state index contributed by atoms with van der Waals surface area (Å²) in [7, 11) is 0. The van der Waals surface area contributed by atoms with E-state index in [1.54, 1.807) is 18.2 Å². The van der Waals surface area contributed by atoms with Gasteiger partial charge in [0.2, 0.25) is 11.8 Å². The Morgan fingerprint density at radius 1 is 1.27 bits per heavy atom. The summed E-state index contributed by atoms with van der Waals surface area (Å²) in [6.45, 7) is 6.39. The summed E-state index contributed by atoms with van der Waals surface area (Å²) in [4.78, 5) is 2.30. The Labute approximate surface area is 139 Å². The first kappa shape index (κ1) is 15.7. The maximum Gasteiger partial charge on any atom is 0.249 e. The van der Waals surface area contributed by atoms with Crippen LogP contribution in [0.15, 0.2) is 22.6 Å². The molecule has 0 bridgehead atoms. The van der Waals surface area contributed by atoms with Crippen molar-refractivity contribution < 1.29 is 9.15 Å². The summed E-state index contributed by atoms with van der Waals surface area (Å²) in [5.41, 5.74) is 0.688. The highest BCUT2D eigenvalue weighted by molar-refractivity contribution is 6.36. The molecule has 3 rings (SSSR count). The van der Waals surface area contributed by atoms with Gasteiger partial charge in [-0.2, -0.15) is 0 Å². The standard InChI is InChI=1S/C15H17Cl2N3O2/c1-9(2)20(11-7-21-8-11)6-14-18-19-15(22-14)12-4-3-10(16)5-13(12)17/h3-5,9,11H,6-8H2,1-2H3. The van der Waals surface area contributed by atoms with Gasteiger partial charge in [-0.05, 0) is 32.0 Å². The van der Waals surface area contributed by atoms with Crippen LogP contribution < -0.4 is 0 Å². The Morgan fingerprint density at radius 2 is 2.05 bits per heavy atom. The number of aromatic nitrogens is 2. The van der Waals surface area contributed by atoms with Crippen LogP contribution in [0, 0.1) is 0 Å². The Hall–Kier alpha value is -1.14. The van der Waals surface area contributed by atoms with E-state index in [9.17, 15) is 0 Å². The highest BCUT2D eigenvalue weighted by Crippen LogP contribution is 2.29. The van der Waals surface area contributed by atoms with Gasteiger partial charge < -0.3 is 9.15 Å². The Balaban J connectivity index is 1.78. The Bertz CT molecular complexity index is 656. The minimum atomic E-state index is 0.378. The third-order valence-corrected chi connectivity index (χ3v) is 4.25. The molecule has 1 aromatic heterocycles. The van der Waals surface area contributed by atoms with Crippen LogP contribution in [-0.4, -0.2) is 40.4 Å². The largest absolute Gasteiger partial charge is 0.419 e. The number of halogens is 2. The van der Waals surface area contributed by atoms with Crippen LogP contribution in [0.2, 0.25) is 10.0 Å². The average molecular weight is 342 g/mol. The zero-order valence-corrected chi connectivity index (χ0v) is 13.9. The first-order chi connectivity index (χ1) is 10.5. The predicted octanol–water partition coefficient (Wildman–Crippen LogP) is 3.65. The van der Waals surface area contributed by atoms with Gasteiger partial charge in [-0.3, -0.25) is 4.90 Å². The van der Waals surface area contributed by atoms with Crippen LogP contribution in [-0.2, 0) is 11.3 Å². The zero-order chi connectivity index (χ0) is 15.7. The fraction of sp³-hybridized carbons (Fsp3) is 0.467. The summed E-state index contributed by atoms with van der Waals surface area (Å²) >= 11 is 12.1. The van der Waals surface area contributed by atoms with Crippen LogP contribution in [0.1, 0.15) is 19.7 Å². The van der Waals surface area contributed by atoms with Gasteiger partial charge in [0.05, 0.1) is 36.4 Å².